The molecule has 1 aromatic heterocycles. The van der Waals surface area contributed by atoms with Gasteiger partial charge in [-0.3, -0.25) is 0 Å². The first-order valence-corrected chi connectivity index (χ1v) is 12.6. The predicted octanol–water partition coefficient (Wildman–Crippen LogP) is 7.16. The summed E-state index contributed by atoms with van der Waals surface area (Å²) < 4.78 is 13.4. The largest absolute Gasteiger partial charge is 0.488 e. The van der Waals surface area contributed by atoms with Crippen LogP contribution in [0.1, 0.15) is 19.4 Å². The van der Waals surface area contributed by atoms with Gasteiger partial charge in [0, 0.05) is 33.5 Å². The van der Waals surface area contributed by atoms with E-state index in [1.165, 1.54) is 18.7 Å². The van der Waals surface area contributed by atoms with Crippen LogP contribution in [0, 0.1) is 0 Å². The number of halogens is 1. The fraction of sp³-hybridized carbons (Fsp3) is 0.333. The summed E-state index contributed by atoms with van der Waals surface area (Å²) in [5.41, 5.74) is 3.05. The number of ether oxygens (including phenoxy) is 1. The summed E-state index contributed by atoms with van der Waals surface area (Å²) in [4.78, 5) is 0. The molecule has 0 amide bonds. The van der Waals surface area contributed by atoms with E-state index in [0.717, 1.165) is 45.3 Å². The van der Waals surface area contributed by atoms with Gasteiger partial charge in [-0.05, 0) is 38.1 Å². The van der Waals surface area contributed by atoms with Gasteiger partial charge in [-0.15, -0.1) is 11.8 Å². The first kappa shape index (κ1) is 21.7. The summed E-state index contributed by atoms with van der Waals surface area (Å²) in [5, 5.41) is 4.16. The number of fused-ring (bicyclic) bond motifs is 3. The normalized spacial score (nSPS) is 23.6. The lowest BCUT2D eigenvalue weighted by atomic mass is 10.1. The number of hydrogen-bond acceptors (Lipinski definition) is 3. The average molecular weight is 467 g/mol. The van der Waals surface area contributed by atoms with Gasteiger partial charge in [0.25, 0.3) is 0 Å². The Morgan fingerprint density at radius 3 is 2.38 bits per heavy atom. The predicted molar refractivity (Wildman–Crippen MR) is 136 cm³/mol. The van der Waals surface area contributed by atoms with Crippen LogP contribution in [0.5, 0.6) is 5.75 Å². The number of quaternary nitrogens is 1. The smallest absolute Gasteiger partial charge is 0.139 e. The van der Waals surface area contributed by atoms with E-state index >= 15 is 0 Å². The van der Waals surface area contributed by atoms with Crippen molar-refractivity contribution in [3.63, 3.8) is 0 Å². The lowest BCUT2D eigenvalue weighted by Crippen LogP contribution is -2.58. The van der Waals surface area contributed by atoms with Crippen LogP contribution in [0.15, 0.2) is 71.1 Å². The van der Waals surface area contributed by atoms with Gasteiger partial charge in [-0.1, -0.05) is 41.9 Å². The van der Waals surface area contributed by atoms with E-state index in [0.29, 0.717) is 22.1 Å². The van der Waals surface area contributed by atoms with Gasteiger partial charge >= 0.3 is 0 Å². The van der Waals surface area contributed by atoms with E-state index in [1.807, 2.05) is 30.3 Å². The Kier molecular flexibility index (Phi) is 6.11. The highest BCUT2D eigenvalue weighted by molar-refractivity contribution is 8.00. The number of furan rings is 1. The third kappa shape index (κ3) is 4.63. The summed E-state index contributed by atoms with van der Waals surface area (Å²) in [7, 11) is 0. The van der Waals surface area contributed by atoms with Gasteiger partial charge in [0.05, 0.1) is 23.6 Å². The number of benzene rings is 3. The maximum Gasteiger partial charge on any atom is 0.139 e. The molecule has 3 nitrogen and oxygen atoms in total. The van der Waals surface area contributed by atoms with Gasteiger partial charge in [-0.25, -0.2) is 0 Å². The highest BCUT2D eigenvalue weighted by atomic mass is 35.5. The van der Waals surface area contributed by atoms with Crippen LogP contribution in [0.4, 0.5) is 0 Å². The molecule has 166 valence electrons. The molecule has 1 aliphatic rings. The van der Waals surface area contributed by atoms with Crippen LogP contribution in [0.25, 0.3) is 21.9 Å². The zero-order valence-electron chi connectivity index (χ0n) is 18.6. The maximum atomic E-state index is 6.26. The fourth-order valence-electron chi connectivity index (χ4n) is 5.19. The maximum absolute atomic E-state index is 6.26. The standard InChI is InChI=1S/C27H29ClNO2S/c1-19-16-29(17-20(2)32-19,18-21-6-4-3-5-7-21)12-13-30-23-9-11-25-24-10-8-22(28)14-26(24)31-27(25)15-23/h3-11,14-15,19-20H,12-13,16-18H2,1-2H3/q+1. The molecule has 2 unspecified atom stereocenters. The molecule has 1 fully saturated rings. The van der Waals surface area contributed by atoms with Crippen molar-refractivity contribution in [2.45, 2.75) is 30.9 Å². The highest BCUT2D eigenvalue weighted by Gasteiger charge is 2.37. The molecule has 2 heterocycles. The molecule has 0 N–H and O–H groups in total. The summed E-state index contributed by atoms with van der Waals surface area (Å²) in [6.45, 7) is 9.82. The summed E-state index contributed by atoms with van der Waals surface area (Å²) in [6.07, 6.45) is 0. The summed E-state index contributed by atoms with van der Waals surface area (Å²) in [6, 6.07) is 22.8. The van der Waals surface area contributed by atoms with Crippen LogP contribution in [0.3, 0.4) is 0 Å². The van der Waals surface area contributed by atoms with Crippen LogP contribution < -0.4 is 4.74 Å². The van der Waals surface area contributed by atoms with Crippen LogP contribution in [-0.4, -0.2) is 41.2 Å². The zero-order valence-corrected chi connectivity index (χ0v) is 20.2. The van der Waals surface area contributed by atoms with E-state index < -0.39 is 0 Å². The van der Waals surface area contributed by atoms with Crippen LogP contribution in [0.2, 0.25) is 5.02 Å². The first-order valence-electron chi connectivity index (χ1n) is 11.3. The topological polar surface area (TPSA) is 22.4 Å². The molecule has 32 heavy (non-hydrogen) atoms. The van der Waals surface area contributed by atoms with E-state index in [4.69, 9.17) is 20.8 Å². The van der Waals surface area contributed by atoms with Crippen molar-refractivity contribution in [3.8, 4) is 5.75 Å². The molecule has 4 aromatic rings. The molecule has 3 aromatic carbocycles. The monoisotopic (exact) mass is 466 g/mol. The van der Waals surface area contributed by atoms with Crippen molar-refractivity contribution in [3.05, 3.63) is 77.3 Å². The minimum Gasteiger partial charge on any atom is -0.488 e. The Bertz CT molecular complexity index is 1210. The van der Waals surface area contributed by atoms with Crippen molar-refractivity contribution in [1.82, 2.24) is 0 Å². The van der Waals surface area contributed by atoms with E-state index in [2.05, 4.69) is 62.0 Å². The number of thioether (sulfide) groups is 1. The lowest BCUT2D eigenvalue weighted by Gasteiger charge is -2.45. The molecular formula is C27H29ClNO2S+. The van der Waals surface area contributed by atoms with E-state index in [-0.39, 0.29) is 0 Å². The molecule has 5 rings (SSSR count). The minimum absolute atomic E-state index is 0.654. The molecule has 1 aliphatic heterocycles. The lowest BCUT2D eigenvalue weighted by molar-refractivity contribution is -0.941. The van der Waals surface area contributed by atoms with E-state index in [9.17, 15) is 0 Å². The molecule has 0 aliphatic carbocycles. The van der Waals surface area contributed by atoms with Crippen molar-refractivity contribution >= 4 is 45.3 Å². The van der Waals surface area contributed by atoms with Crippen molar-refractivity contribution in [2.24, 2.45) is 0 Å². The number of rotatable bonds is 6. The van der Waals surface area contributed by atoms with Gasteiger partial charge < -0.3 is 13.6 Å². The third-order valence-corrected chi connectivity index (χ3v) is 7.82. The second kappa shape index (κ2) is 9.01. The summed E-state index contributed by atoms with van der Waals surface area (Å²) in [5.74, 6) is 0.855. The Hall–Kier alpha value is -2.14. The van der Waals surface area contributed by atoms with Crippen molar-refractivity contribution < 1.29 is 13.6 Å². The highest BCUT2D eigenvalue weighted by Crippen LogP contribution is 2.34. The Labute approximate surface area is 198 Å². The third-order valence-electron chi connectivity index (χ3n) is 6.36. The molecule has 0 saturated carbocycles. The van der Waals surface area contributed by atoms with Crippen molar-refractivity contribution in [2.75, 3.05) is 26.2 Å². The average Bonchev–Trinajstić information content (AvgIpc) is 3.10. The van der Waals surface area contributed by atoms with Gasteiger partial charge in [0.15, 0.2) is 0 Å². The van der Waals surface area contributed by atoms with Gasteiger partial charge in [0.2, 0.25) is 0 Å². The Morgan fingerprint density at radius 1 is 0.938 bits per heavy atom. The minimum atomic E-state index is 0.654. The molecule has 0 spiro atoms. The molecule has 0 bridgehead atoms. The van der Waals surface area contributed by atoms with Crippen LogP contribution >= 0.6 is 23.4 Å². The molecule has 5 heteroatoms. The zero-order chi connectivity index (χ0) is 22.1. The van der Waals surface area contributed by atoms with Gasteiger partial charge in [-0.2, -0.15) is 0 Å². The number of hydrogen-bond donors (Lipinski definition) is 0. The Balaban J connectivity index is 1.33. The number of nitrogens with zero attached hydrogens (tertiary/aromatic N) is 1. The second-order valence-electron chi connectivity index (χ2n) is 9.08. The quantitative estimate of drug-likeness (QED) is 0.281. The SMILES string of the molecule is CC1C[N+](CCOc2ccc3c(c2)oc2cc(Cl)ccc23)(Cc2ccccc2)CC(C)S1. The summed E-state index contributed by atoms with van der Waals surface area (Å²) >= 11 is 8.23. The molecule has 0 radical (unpaired) electrons. The second-order valence-corrected chi connectivity index (χ2v) is 11.4. The van der Waals surface area contributed by atoms with E-state index in [1.54, 1.807) is 0 Å². The van der Waals surface area contributed by atoms with Crippen molar-refractivity contribution in [1.29, 1.82) is 0 Å². The molecule has 1 saturated heterocycles. The molecular weight excluding hydrogens is 438 g/mol. The Morgan fingerprint density at radius 2 is 1.62 bits per heavy atom. The first-order chi connectivity index (χ1) is 15.5. The molecule has 2 atom stereocenters. The van der Waals surface area contributed by atoms with Crippen LogP contribution in [-0.2, 0) is 6.54 Å². The van der Waals surface area contributed by atoms with Gasteiger partial charge in [0.1, 0.15) is 36.6 Å². The fourth-order valence-corrected chi connectivity index (χ4v) is 6.95.